The lowest BCUT2D eigenvalue weighted by Crippen LogP contribution is -2.24. The number of aromatic nitrogens is 4. The molecule has 20 heavy (non-hydrogen) atoms. The minimum Gasteiger partial charge on any atom is -0.315 e. The summed E-state index contributed by atoms with van der Waals surface area (Å²) in [6, 6.07) is 2.17. The smallest absolute Gasteiger partial charge is 0.209 e. The highest BCUT2D eigenvalue weighted by Crippen LogP contribution is 2.16. The summed E-state index contributed by atoms with van der Waals surface area (Å²) in [5.74, 6) is 1.68. The van der Waals surface area contributed by atoms with Gasteiger partial charge in [-0.3, -0.25) is 0 Å². The zero-order chi connectivity index (χ0) is 14.2. The molecule has 0 fully saturated rings. The van der Waals surface area contributed by atoms with Crippen LogP contribution in [0.2, 0.25) is 0 Å². The number of hydrogen-bond donors (Lipinski definition) is 1. The molecule has 7 heteroatoms. The van der Waals surface area contributed by atoms with Crippen LogP contribution >= 0.6 is 23.1 Å². The second kappa shape index (κ2) is 8.39. The highest BCUT2D eigenvalue weighted by molar-refractivity contribution is 7.99. The highest BCUT2D eigenvalue weighted by Gasteiger charge is 2.06. The number of tetrazole rings is 1. The predicted molar refractivity (Wildman–Crippen MR) is 84.3 cm³/mol. The Morgan fingerprint density at radius 3 is 3.10 bits per heavy atom. The normalized spacial score (nSPS) is 11.3. The molecule has 2 aromatic rings. The fraction of sp³-hybridized carbons (Fsp3) is 0.615. The average Bonchev–Trinajstić information content (AvgIpc) is 3.06. The molecule has 5 nitrogen and oxygen atoms in total. The van der Waals surface area contributed by atoms with Crippen molar-refractivity contribution in [3.05, 3.63) is 22.4 Å². The summed E-state index contributed by atoms with van der Waals surface area (Å²) in [5.41, 5.74) is 1.39. The molecule has 0 unspecified atom stereocenters. The summed E-state index contributed by atoms with van der Waals surface area (Å²) >= 11 is 3.46. The van der Waals surface area contributed by atoms with Crippen LogP contribution in [-0.2, 0) is 13.0 Å². The summed E-state index contributed by atoms with van der Waals surface area (Å²) in [7, 11) is 0. The van der Waals surface area contributed by atoms with Gasteiger partial charge < -0.3 is 5.32 Å². The van der Waals surface area contributed by atoms with Gasteiger partial charge in [0.15, 0.2) is 0 Å². The van der Waals surface area contributed by atoms with Crippen LogP contribution in [0, 0.1) is 5.92 Å². The highest BCUT2D eigenvalue weighted by atomic mass is 32.2. The first kappa shape index (κ1) is 15.5. The molecule has 0 saturated carbocycles. The monoisotopic (exact) mass is 311 g/mol. The van der Waals surface area contributed by atoms with Crippen LogP contribution in [0.25, 0.3) is 0 Å². The second-order valence-electron chi connectivity index (χ2n) is 5.01. The van der Waals surface area contributed by atoms with Gasteiger partial charge in [0.2, 0.25) is 5.16 Å². The quantitative estimate of drug-likeness (QED) is 0.569. The Kier molecular flexibility index (Phi) is 6.49. The molecule has 2 rings (SSSR count). The second-order valence-corrected chi connectivity index (χ2v) is 6.85. The number of hydrogen-bond acceptors (Lipinski definition) is 6. The summed E-state index contributed by atoms with van der Waals surface area (Å²) in [4.78, 5) is 0. The van der Waals surface area contributed by atoms with E-state index in [1.54, 1.807) is 23.1 Å². The maximum Gasteiger partial charge on any atom is 0.209 e. The van der Waals surface area contributed by atoms with Crippen LogP contribution in [0.1, 0.15) is 19.4 Å². The van der Waals surface area contributed by atoms with Crippen molar-refractivity contribution < 1.29 is 0 Å². The van der Waals surface area contributed by atoms with Crippen molar-refractivity contribution in [2.45, 2.75) is 32.0 Å². The van der Waals surface area contributed by atoms with E-state index >= 15 is 0 Å². The molecule has 0 saturated heterocycles. The van der Waals surface area contributed by atoms with Gasteiger partial charge in [-0.25, -0.2) is 4.68 Å². The standard InChI is InChI=1S/C13H21N5S2/c1-11(2)9-14-5-6-18-13(15-16-17-18)20-8-4-12-3-7-19-10-12/h3,7,10-11,14H,4-6,8-9H2,1-2H3. The number of thiophene rings is 1. The molecular weight excluding hydrogens is 290 g/mol. The third kappa shape index (κ3) is 5.22. The Bertz CT molecular complexity index is 481. The van der Waals surface area contributed by atoms with Crippen molar-refractivity contribution in [2.75, 3.05) is 18.8 Å². The summed E-state index contributed by atoms with van der Waals surface area (Å²) in [6.07, 6.45) is 1.06. The minimum absolute atomic E-state index is 0.670. The van der Waals surface area contributed by atoms with Gasteiger partial charge in [-0.15, -0.1) is 5.10 Å². The number of rotatable bonds is 9. The van der Waals surface area contributed by atoms with E-state index in [0.717, 1.165) is 37.0 Å². The van der Waals surface area contributed by atoms with Crippen LogP contribution in [0.5, 0.6) is 0 Å². The van der Waals surface area contributed by atoms with E-state index in [1.807, 2.05) is 4.68 Å². The number of thioether (sulfide) groups is 1. The summed E-state index contributed by atoms with van der Waals surface area (Å²) in [6.45, 7) is 7.16. The van der Waals surface area contributed by atoms with Crippen LogP contribution in [0.15, 0.2) is 22.0 Å². The van der Waals surface area contributed by atoms with E-state index in [2.05, 4.69) is 51.5 Å². The number of aryl methyl sites for hydroxylation is 1. The number of nitrogens with zero attached hydrogens (tertiary/aromatic N) is 4. The van der Waals surface area contributed by atoms with E-state index < -0.39 is 0 Å². The molecule has 2 aromatic heterocycles. The van der Waals surface area contributed by atoms with Gasteiger partial charge in [-0.05, 0) is 51.7 Å². The molecule has 110 valence electrons. The maximum atomic E-state index is 4.09. The lowest BCUT2D eigenvalue weighted by molar-refractivity contribution is 0.482. The predicted octanol–water partition coefficient (Wildman–Crippen LogP) is 2.31. The van der Waals surface area contributed by atoms with Gasteiger partial charge in [-0.1, -0.05) is 25.6 Å². The third-order valence-corrected chi connectivity index (χ3v) is 4.44. The van der Waals surface area contributed by atoms with Crippen LogP contribution < -0.4 is 5.32 Å². The minimum atomic E-state index is 0.670. The topological polar surface area (TPSA) is 55.6 Å². The zero-order valence-electron chi connectivity index (χ0n) is 12.0. The van der Waals surface area contributed by atoms with Crippen molar-refractivity contribution in [3.63, 3.8) is 0 Å². The maximum absolute atomic E-state index is 4.09. The lowest BCUT2D eigenvalue weighted by atomic mass is 10.2. The first-order valence-electron chi connectivity index (χ1n) is 6.86. The summed E-state index contributed by atoms with van der Waals surface area (Å²) < 4.78 is 1.88. The Morgan fingerprint density at radius 1 is 1.45 bits per heavy atom. The number of nitrogens with one attached hydrogen (secondary N) is 1. The Balaban J connectivity index is 1.71. The zero-order valence-corrected chi connectivity index (χ0v) is 13.6. The van der Waals surface area contributed by atoms with Crippen LogP contribution in [-0.4, -0.2) is 39.0 Å². The summed E-state index contributed by atoms with van der Waals surface area (Å²) in [5, 5.41) is 20.5. The van der Waals surface area contributed by atoms with Crippen LogP contribution in [0.3, 0.4) is 0 Å². The molecule has 0 amide bonds. The first-order valence-corrected chi connectivity index (χ1v) is 8.79. The SMILES string of the molecule is CC(C)CNCCn1nnnc1SCCc1ccsc1. The molecule has 1 N–H and O–H groups in total. The van der Waals surface area contributed by atoms with Gasteiger partial charge in [0.25, 0.3) is 0 Å². The molecule has 0 aromatic carbocycles. The molecule has 0 atom stereocenters. The Morgan fingerprint density at radius 2 is 2.35 bits per heavy atom. The molecular formula is C13H21N5S2. The Labute approximate surface area is 128 Å². The van der Waals surface area contributed by atoms with Gasteiger partial charge in [0, 0.05) is 12.3 Å². The van der Waals surface area contributed by atoms with E-state index in [9.17, 15) is 0 Å². The van der Waals surface area contributed by atoms with Crippen LogP contribution in [0.4, 0.5) is 0 Å². The van der Waals surface area contributed by atoms with Crippen molar-refractivity contribution in [1.82, 2.24) is 25.5 Å². The van der Waals surface area contributed by atoms with E-state index in [-0.39, 0.29) is 0 Å². The van der Waals surface area contributed by atoms with E-state index in [1.165, 1.54) is 5.56 Å². The third-order valence-electron chi connectivity index (χ3n) is 2.75. The molecule has 0 bridgehead atoms. The van der Waals surface area contributed by atoms with Gasteiger partial charge in [-0.2, -0.15) is 11.3 Å². The fourth-order valence-electron chi connectivity index (χ4n) is 1.71. The van der Waals surface area contributed by atoms with E-state index in [0.29, 0.717) is 5.92 Å². The van der Waals surface area contributed by atoms with Gasteiger partial charge in [0.1, 0.15) is 0 Å². The molecule has 0 radical (unpaired) electrons. The van der Waals surface area contributed by atoms with Gasteiger partial charge >= 0.3 is 0 Å². The van der Waals surface area contributed by atoms with Crippen molar-refractivity contribution in [1.29, 1.82) is 0 Å². The Hall–Kier alpha value is -0.920. The largest absolute Gasteiger partial charge is 0.315 e. The van der Waals surface area contributed by atoms with Gasteiger partial charge in [0.05, 0.1) is 6.54 Å². The first-order chi connectivity index (χ1) is 9.75. The molecule has 0 aliphatic carbocycles. The molecule has 0 spiro atoms. The van der Waals surface area contributed by atoms with Crippen molar-refractivity contribution in [2.24, 2.45) is 5.92 Å². The van der Waals surface area contributed by atoms with Crippen molar-refractivity contribution in [3.8, 4) is 0 Å². The lowest BCUT2D eigenvalue weighted by Gasteiger charge is -2.07. The molecule has 0 aliphatic rings. The van der Waals surface area contributed by atoms with Crippen molar-refractivity contribution >= 4 is 23.1 Å². The molecule has 2 heterocycles. The fourth-order valence-corrected chi connectivity index (χ4v) is 3.31. The average molecular weight is 311 g/mol. The molecule has 0 aliphatic heterocycles. The van der Waals surface area contributed by atoms with E-state index in [4.69, 9.17) is 0 Å².